The normalized spacial score (nSPS) is 11.9. The fourth-order valence-corrected chi connectivity index (χ4v) is 4.79. The summed E-state index contributed by atoms with van der Waals surface area (Å²) in [5, 5.41) is 3.38. The molecule has 0 fully saturated rings. The Kier molecular flexibility index (Phi) is 5.62. The van der Waals surface area contributed by atoms with Gasteiger partial charge in [-0.2, -0.15) is 0 Å². The Labute approximate surface area is 173 Å². The first-order valence-electron chi connectivity index (χ1n) is 9.56. The molecule has 1 aromatic heterocycles. The van der Waals surface area contributed by atoms with Crippen LogP contribution in [0.3, 0.4) is 0 Å². The number of hydrogen-bond donors (Lipinski definition) is 1. The molecule has 2 aromatic carbocycles. The lowest BCUT2D eigenvalue weighted by Gasteiger charge is -2.16. The van der Waals surface area contributed by atoms with E-state index in [1.165, 1.54) is 16.9 Å². The van der Waals surface area contributed by atoms with Crippen LogP contribution in [0.1, 0.15) is 28.4 Å². The third-order valence-electron chi connectivity index (χ3n) is 4.76. The molecule has 4 rings (SSSR count). The van der Waals surface area contributed by atoms with Gasteiger partial charge in [0.25, 0.3) is 5.91 Å². The zero-order valence-electron chi connectivity index (χ0n) is 16.1. The van der Waals surface area contributed by atoms with Gasteiger partial charge in [-0.05, 0) is 48.6 Å². The van der Waals surface area contributed by atoms with E-state index in [1.807, 2.05) is 30.3 Å². The molecule has 1 aliphatic rings. The second-order valence-electron chi connectivity index (χ2n) is 6.64. The highest BCUT2D eigenvalue weighted by Crippen LogP contribution is 2.45. The van der Waals surface area contributed by atoms with E-state index in [0.29, 0.717) is 16.3 Å². The molecule has 29 heavy (non-hydrogen) atoms. The molecule has 0 aliphatic heterocycles. The van der Waals surface area contributed by atoms with Crippen molar-refractivity contribution in [3.63, 3.8) is 0 Å². The summed E-state index contributed by atoms with van der Waals surface area (Å²) in [7, 11) is 0. The smallest absolute Gasteiger partial charge is 0.341 e. The Morgan fingerprint density at radius 3 is 2.59 bits per heavy atom. The van der Waals surface area contributed by atoms with Gasteiger partial charge in [-0.25, -0.2) is 4.79 Å². The van der Waals surface area contributed by atoms with E-state index in [0.717, 1.165) is 28.8 Å². The first-order valence-corrected chi connectivity index (χ1v) is 10.4. The molecule has 1 aliphatic carbocycles. The maximum absolute atomic E-state index is 12.7. The van der Waals surface area contributed by atoms with E-state index in [-0.39, 0.29) is 19.1 Å². The number of rotatable bonds is 6. The number of carbonyl (C=O) groups is 2. The largest absolute Gasteiger partial charge is 0.484 e. The number of benzene rings is 2. The maximum atomic E-state index is 12.7. The second-order valence-corrected chi connectivity index (χ2v) is 7.66. The number of carbonyl (C=O) groups excluding carboxylic acids is 2. The van der Waals surface area contributed by atoms with E-state index in [4.69, 9.17) is 9.47 Å². The minimum Gasteiger partial charge on any atom is -0.484 e. The number of hydrogen-bond acceptors (Lipinski definition) is 5. The molecule has 6 heteroatoms. The first kappa shape index (κ1) is 19.2. The molecule has 1 N–H and O–H groups in total. The van der Waals surface area contributed by atoms with Gasteiger partial charge in [0.2, 0.25) is 0 Å². The molecule has 0 unspecified atom stereocenters. The lowest BCUT2D eigenvalue weighted by atomic mass is 9.89. The van der Waals surface area contributed by atoms with Gasteiger partial charge >= 0.3 is 5.97 Å². The average Bonchev–Trinajstić information content (AvgIpc) is 3.11. The van der Waals surface area contributed by atoms with Gasteiger partial charge in [-0.3, -0.25) is 4.79 Å². The van der Waals surface area contributed by atoms with Gasteiger partial charge in [0, 0.05) is 4.88 Å². The third-order valence-corrected chi connectivity index (χ3v) is 5.94. The summed E-state index contributed by atoms with van der Waals surface area (Å²) >= 11 is 1.42. The minimum atomic E-state index is -0.399. The Bertz CT molecular complexity index is 1040. The molecule has 1 heterocycles. The molecule has 148 valence electrons. The first-order chi connectivity index (χ1) is 14.2. The molecule has 5 nitrogen and oxygen atoms in total. The van der Waals surface area contributed by atoms with E-state index in [9.17, 15) is 9.59 Å². The second kappa shape index (κ2) is 8.49. The summed E-state index contributed by atoms with van der Waals surface area (Å²) in [4.78, 5) is 26.2. The van der Waals surface area contributed by atoms with Crippen LogP contribution in [0.5, 0.6) is 5.75 Å². The summed E-state index contributed by atoms with van der Waals surface area (Å²) in [5.74, 6) is -0.0948. The lowest BCUT2D eigenvalue weighted by Crippen LogP contribution is -2.21. The zero-order valence-corrected chi connectivity index (χ0v) is 16.9. The van der Waals surface area contributed by atoms with Gasteiger partial charge in [0.05, 0.1) is 12.2 Å². The topological polar surface area (TPSA) is 64.6 Å². The number of ether oxygens (including phenoxy) is 2. The number of thiophene rings is 1. The zero-order chi connectivity index (χ0) is 20.2. The van der Waals surface area contributed by atoms with Crippen molar-refractivity contribution in [3.05, 3.63) is 71.3 Å². The van der Waals surface area contributed by atoms with Gasteiger partial charge in [0.15, 0.2) is 6.61 Å². The predicted octanol–water partition coefficient (Wildman–Crippen LogP) is 4.71. The maximum Gasteiger partial charge on any atom is 0.341 e. The molecule has 0 bridgehead atoms. The van der Waals surface area contributed by atoms with Crippen LogP contribution in [0.15, 0.2) is 54.6 Å². The molecule has 0 atom stereocenters. The van der Waals surface area contributed by atoms with Crippen molar-refractivity contribution in [1.82, 2.24) is 0 Å². The SMILES string of the molecule is CCOC(=O)c1c(NC(=O)COc2ccccc2)sc2c1CCc1ccccc1-2. The van der Waals surface area contributed by atoms with Crippen molar-refractivity contribution in [2.45, 2.75) is 19.8 Å². The summed E-state index contributed by atoms with van der Waals surface area (Å²) in [5.41, 5.74) is 3.79. The van der Waals surface area contributed by atoms with Crippen molar-refractivity contribution in [1.29, 1.82) is 0 Å². The van der Waals surface area contributed by atoms with Crippen LogP contribution in [0.25, 0.3) is 10.4 Å². The number of anilines is 1. The van der Waals surface area contributed by atoms with E-state index in [1.54, 1.807) is 19.1 Å². The average molecular weight is 407 g/mol. The van der Waals surface area contributed by atoms with Crippen molar-refractivity contribution < 1.29 is 19.1 Å². The van der Waals surface area contributed by atoms with Gasteiger partial charge in [-0.15, -0.1) is 11.3 Å². The highest BCUT2D eigenvalue weighted by atomic mass is 32.1. The van der Waals surface area contributed by atoms with Crippen LogP contribution in [0, 0.1) is 0 Å². The predicted molar refractivity (Wildman–Crippen MR) is 114 cm³/mol. The minimum absolute atomic E-state index is 0.133. The van der Waals surface area contributed by atoms with Crippen molar-refractivity contribution in [3.8, 4) is 16.2 Å². The number of amides is 1. The van der Waals surface area contributed by atoms with Crippen LogP contribution in [0.2, 0.25) is 0 Å². The highest BCUT2D eigenvalue weighted by Gasteiger charge is 2.29. The fraction of sp³-hybridized carbons (Fsp3) is 0.217. The van der Waals surface area contributed by atoms with Gasteiger partial charge < -0.3 is 14.8 Å². The number of aryl methyl sites for hydroxylation is 1. The fourth-order valence-electron chi connectivity index (χ4n) is 3.48. The number of nitrogens with one attached hydrogen (secondary N) is 1. The number of fused-ring (bicyclic) bond motifs is 3. The van der Waals surface area contributed by atoms with E-state index >= 15 is 0 Å². The van der Waals surface area contributed by atoms with Crippen LogP contribution in [-0.4, -0.2) is 25.1 Å². The van der Waals surface area contributed by atoms with E-state index in [2.05, 4.69) is 17.4 Å². The number of esters is 1. The standard InChI is InChI=1S/C23H21NO4S/c1-2-27-23(26)20-18-13-12-15-8-6-7-11-17(15)21(18)29-22(20)24-19(25)14-28-16-9-4-3-5-10-16/h3-11H,2,12-14H2,1H3,(H,24,25). The lowest BCUT2D eigenvalue weighted by molar-refractivity contribution is -0.118. The Hall–Kier alpha value is -3.12. The molecule has 1 amide bonds. The van der Waals surface area contributed by atoms with Crippen molar-refractivity contribution in [2.24, 2.45) is 0 Å². The van der Waals surface area contributed by atoms with Crippen LogP contribution in [-0.2, 0) is 22.4 Å². The molecular weight excluding hydrogens is 386 g/mol. The van der Waals surface area contributed by atoms with Crippen LogP contribution >= 0.6 is 11.3 Å². The van der Waals surface area contributed by atoms with Gasteiger partial charge in [-0.1, -0.05) is 42.5 Å². The van der Waals surface area contributed by atoms with Crippen molar-refractivity contribution >= 4 is 28.2 Å². The summed E-state index contributed by atoms with van der Waals surface area (Å²) in [6.07, 6.45) is 1.60. The van der Waals surface area contributed by atoms with Gasteiger partial charge in [0.1, 0.15) is 10.8 Å². The van der Waals surface area contributed by atoms with Crippen LogP contribution in [0.4, 0.5) is 5.00 Å². The summed E-state index contributed by atoms with van der Waals surface area (Å²) < 4.78 is 10.8. The van der Waals surface area contributed by atoms with E-state index < -0.39 is 5.97 Å². The Morgan fingerprint density at radius 2 is 1.79 bits per heavy atom. The summed E-state index contributed by atoms with van der Waals surface area (Å²) in [6, 6.07) is 17.3. The van der Waals surface area contributed by atoms with Crippen molar-refractivity contribution in [2.75, 3.05) is 18.5 Å². The Balaban J connectivity index is 1.61. The molecule has 3 aromatic rings. The quantitative estimate of drug-likeness (QED) is 0.601. The number of para-hydroxylation sites is 1. The summed E-state index contributed by atoms with van der Waals surface area (Å²) in [6.45, 7) is 1.92. The molecule has 0 saturated heterocycles. The molecule has 0 saturated carbocycles. The molecular formula is C23H21NO4S. The third kappa shape index (κ3) is 4.03. The monoisotopic (exact) mass is 407 g/mol. The molecule has 0 spiro atoms. The Morgan fingerprint density at radius 1 is 1.03 bits per heavy atom. The molecule has 0 radical (unpaired) electrons. The van der Waals surface area contributed by atoms with Crippen LogP contribution < -0.4 is 10.1 Å². The highest BCUT2D eigenvalue weighted by molar-refractivity contribution is 7.20.